The number of hydrogen-bond donors (Lipinski definition) is 1. The third-order valence-electron chi connectivity index (χ3n) is 3.61. The summed E-state index contributed by atoms with van der Waals surface area (Å²) in [6, 6.07) is 3.33. The predicted octanol–water partition coefficient (Wildman–Crippen LogP) is 4.62. The molecule has 0 spiro atoms. The van der Waals surface area contributed by atoms with Crippen molar-refractivity contribution in [3.63, 3.8) is 0 Å². The first-order valence-electron chi connectivity index (χ1n) is 7.89. The number of azide groups is 1. The molecule has 1 saturated heterocycles. The van der Waals surface area contributed by atoms with Gasteiger partial charge in [0.05, 0.1) is 19.3 Å². The summed E-state index contributed by atoms with van der Waals surface area (Å²) in [6.45, 7) is 0.0874. The number of nitrogens with zero attached hydrogens (tertiary/aromatic N) is 5. The Hall–Kier alpha value is -2.89. The van der Waals surface area contributed by atoms with Gasteiger partial charge < -0.3 is 9.84 Å². The average molecular weight is 421 g/mol. The van der Waals surface area contributed by atoms with Crippen LogP contribution in [-0.4, -0.2) is 28.3 Å². The molecule has 2 atom stereocenters. The minimum atomic E-state index is -4.51. The van der Waals surface area contributed by atoms with Crippen LogP contribution in [0, 0.1) is 0 Å². The second kappa shape index (κ2) is 9.07. The number of pyridine rings is 2. The van der Waals surface area contributed by atoms with Crippen LogP contribution in [0.25, 0.3) is 10.4 Å². The molecular formula is C16H13F6N5O2. The SMILES string of the molecule is FC(F)(F)c1ccc([C@@H]2CO2)cn1.[N-]=[N+]=N[C@H](CO)c1ccc(C(F)(F)F)nc1. The summed E-state index contributed by atoms with van der Waals surface area (Å²) < 4.78 is 77.5. The maximum absolute atomic E-state index is 12.2. The number of alkyl halides is 6. The molecule has 0 aliphatic carbocycles. The van der Waals surface area contributed by atoms with Crippen molar-refractivity contribution in [2.24, 2.45) is 5.11 Å². The van der Waals surface area contributed by atoms with Gasteiger partial charge in [0.1, 0.15) is 17.5 Å². The second-order valence-corrected chi connectivity index (χ2v) is 5.67. The molecule has 1 aliphatic rings. The highest BCUT2D eigenvalue weighted by Crippen LogP contribution is 2.32. The highest BCUT2D eigenvalue weighted by Gasteiger charge is 2.33. The van der Waals surface area contributed by atoms with Gasteiger partial charge in [-0.25, -0.2) is 0 Å². The maximum Gasteiger partial charge on any atom is 0.433 e. The molecule has 1 aliphatic heterocycles. The van der Waals surface area contributed by atoms with Crippen LogP contribution in [0.2, 0.25) is 0 Å². The second-order valence-electron chi connectivity index (χ2n) is 5.67. The lowest BCUT2D eigenvalue weighted by atomic mass is 10.1. The Morgan fingerprint density at radius 1 is 1.07 bits per heavy atom. The summed E-state index contributed by atoms with van der Waals surface area (Å²) in [4.78, 5) is 8.96. The van der Waals surface area contributed by atoms with Crippen molar-refractivity contribution in [3.8, 4) is 0 Å². The Labute approximate surface area is 159 Å². The highest BCUT2D eigenvalue weighted by atomic mass is 19.4. The summed E-state index contributed by atoms with van der Waals surface area (Å²) in [6.07, 6.45) is -6.78. The van der Waals surface area contributed by atoms with E-state index in [0.29, 0.717) is 12.2 Å². The van der Waals surface area contributed by atoms with Crippen LogP contribution in [0.15, 0.2) is 41.8 Å². The van der Waals surface area contributed by atoms with Gasteiger partial charge in [0, 0.05) is 22.9 Å². The molecule has 0 bridgehead atoms. The highest BCUT2D eigenvalue weighted by molar-refractivity contribution is 5.20. The van der Waals surface area contributed by atoms with Crippen LogP contribution in [0.3, 0.4) is 0 Å². The van der Waals surface area contributed by atoms with Crippen LogP contribution < -0.4 is 0 Å². The largest absolute Gasteiger partial charge is 0.433 e. The number of ether oxygens (including phenoxy) is 1. The number of aromatic nitrogens is 2. The van der Waals surface area contributed by atoms with Gasteiger partial charge in [-0.2, -0.15) is 26.3 Å². The molecule has 0 radical (unpaired) electrons. The van der Waals surface area contributed by atoms with Crippen molar-refractivity contribution < 1.29 is 36.2 Å². The molecule has 1 fully saturated rings. The van der Waals surface area contributed by atoms with Gasteiger partial charge in [-0.1, -0.05) is 17.2 Å². The van der Waals surface area contributed by atoms with Gasteiger partial charge in [0.2, 0.25) is 0 Å². The number of halogens is 6. The zero-order valence-electron chi connectivity index (χ0n) is 14.4. The molecule has 13 heteroatoms. The van der Waals surface area contributed by atoms with E-state index in [2.05, 4.69) is 20.0 Å². The number of aliphatic hydroxyl groups is 1. The number of hydrogen-bond acceptors (Lipinski definition) is 5. The van der Waals surface area contributed by atoms with Crippen LogP contribution in [-0.2, 0) is 17.1 Å². The Morgan fingerprint density at radius 3 is 1.97 bits per heavy atom. The third kappa shape index (κ3) is 6.59. The van der Waals surface area contributed by atoms with Crippen LogP contribution in [0.4, 0.5) is 26.3 Å². The fourth-order valence-corrected chi connectivity index (χ4v) is 2.05. The number of aliphatic hydroxyl groups excluding tert-OH is 1. The first-order chi connectivity index (χ1) is 13.6. The minimum Gasteiger partial charge on any atom is -0.396 e. The lowest BCUT2D eigenvalue weighted by Gasteiger charge is -2.09. The summed E-state index contributed by atoms with van der Waals surface area (Å²) >= 11 is 0. The normalized spacial score (nSPS) is 16.9. The van der Waals surface area contributed by atoms with Gasteiger partial charge in [-0.3, -0.25) is 9.97 Å². The van der Waals surface area contributed by atoms with E-state index in [4.69, 9.17) is 15.4 Å². The summed E-state index contributed by atoms with van der Waals surface area (Å²) in [5, 5.41) is 12.0. The smallest absolute Gasteiger partial charge is 0.396 e. The molecule has 1 N–H and O–H groups in total. The van der Waals surface area contributed by atoms with E-state index in [-0.39, 0.29) is 11.7 Å². The molecule has 7 nitrogen and oxygen atoms in total. The number of epoxide rings is 1. The first-order valence-corrected chi connectivity index (χ1v) is 7.89. The van der Waals surface area contributed by atoms with E-state index in [0.717, 1.165) is 24.4 Å². The van der Waals surface area contributed by atoms with Crippen molar-refractivity contribution in [1.29, 1.82) is 0 Å². The van der Waals surface area contributed by atoms with Crippen molar-refractivity contribution in [2.45, 2.75) is 24.5 Å². The predicted molar refractivity (Wildman–Crippen MR) is 86.1 cm³/mol. The van der Waals surface area contributed by atoms with Crippen molar-refractivity contribution >= 4 is 0 Å². The molecule has 0 saturated carbocycles. The molecule has 0 unspecified atom stereocenters. The first kappa shape index (κ1) is 22.4. The fourth-order valence-electron chi connectivity index (χ4n) is 2.05. The maximum atomic E-state index is 12.2. The fraction of sp³-hybridized carbons (Fsp3) is 0.375. The van der Waals surface area contributed by atoms with E-state index in [1.807, 2.05) is 0 Å². The molecule has 2 aromatic rings. The molecule has 29 heavy (non-hydrogen) atoms. The molecule has 0 aromatic carbocycles. The van der Waals surface area contributed by atoms with Crippen LogP contribution >= 0.6 is 0 Å². The zero-order valence-corrected chi connectivity index (χ0v) is 14.4. The Bertz CT molecular complexity index is 844. The molecule has 156 valence electrons. The van der Waals surface area contributed by atoms with Crippen LogP contribution in [0.5, 0.6) is 0 Å². The molecular weight excluding hydrogens is 408 g/mol. The van der Waals surface area contributed by atoms with Crippen LogP contribution in [0.1, 0.15) is 34.7 Å². The summed E-state index contributed by atoms with van der Waals surface area (Å²) in [5.74, 6) is 0. The lowest BCUT2D eigenvalue weighted by molar-refractivity contribution is -0.142. The van der Waals surface area contributed by atoms with E-state index in [9.17, 15) is 26.3 Å². The van der Waals surface area contributed by atoms with E-state index < -0.39 is 36.4 Å². The van der Waals surface area contributed by atoms with Crippen molar-refractivity contribution in [3.05, 3.63) is 69.6 Å². The Morgan fingerprint density at radius 2 is 1.62 bits per heavy atom. The van der Waals surface area contributed by atoms with Gasteiger partial charge in [-0.15, -0.1) is 0 Å². The van der Waals surface area contributed by atoms with Crippen molar-refractivity contribution in [2.75, 3.05) is 13.2 Å². The molecule has 2 aromatic heterocycles. The zero-order chi connectivity index (χ0) is 21.7. The minimum absolute atomic E-state index is 0.0465. The van der Waals surface area contributed by atoms with E-state index in [1.165, 1.54) is 12.3 Å². The standard InChI is InChI=1S/C8H7F3N4O.C8H6F3NO/c9-8(10,11)7-2-1-5(3-13-7)6(4-16)14-15-12;9-8(10,11)7-2-1-5(3-12-7)6-4-13-6/h1-3,6,16H,4H2;1-3,6H,4H2/t2*6-/m10/s1. The van der Waals surface area contributed by atoms with Gasteiger partial charge in [0.15, 0.2) is 0 Å². The van der Waals surface area contributed by atoms with Gasteiger partial charge >= 0.3 is 12.4 Å². The molecule has 3 heterocycles. The van der Waals surface area contributed by atoms with E-state index in [1.54, 1.807) is 0 Å². The molecule has 0 amide bonds. The average Bonchev–Trinajstić information content (AvgIpc) is 3.51. The van der Waals surface area contributed by atoms with E-state index >= 15 is 0 Å². The van der Waals surface area contributed by atoms with Gasteiger partial charge in [-0.05, 0) is 23.2 Å². The molecule has 3 rings (SSSR count). The van der Waals surface area contributed by atoms with Crippen molar-refractivity contribution in [1.82, 2.24) is 9.97 Å². The summed E-state index contributed by atoms with van der Waals surface area (Å²) in [7, 11) is 0. The third-order valence-corrected chi connectivity index (χ3v) is 3.61. The topological polar surface area (TPSA) is 107 Å². The lowest BCUT2D eigenvalue weighted by Crippen LogP contribution is -2.09. The monoisotopic (exact) mass is 421 g/mol. The Kier molecular flexibility index (Phi) is 7.01. The summed E-state index contributed by atoms with van der Waals surface area (Å²) in [5.41, 5.74) is 7.19. The number of rotatable bonds is 4. The Balaban J connectivity index is 0.000000211. The quantitative estimate of drug-likeness (QED) is 0.256. The van der Waals surface area contributed by atoms with Gasteiger partial charge in [0.25, 0.3) is 0 Å².